The van der Waals surface area contributed by atoms with Gasteiger partial charge in [0.15, 0.2) is 0 Å². The van der Waals surface area contributed by atoms with E-state index in [4.69, 9.17) is 4.74 Å². The van der Waals surface area contributed by atoms with Crippen molar-refractivity contribution < 1.29 is 9.53 Å². The zero-order valence-corrected chi connectivity index (χ0v) is 12.2. The highest BCUT2D eigenvalue weighted by Gasteiger charge is 2.13. The first-order chi connectivity index (χ1) is 9.11. The van der Waals surface area contributed by atoms with Gasteiger partial charge in [0.2, 0.25) is 5.88 Å². The van der Waals surface area contributed by atoms with Gasteiger partial charge in [0.25, 0.3) is 5.91 Å². The molecule has 0 spiro atoms. The molecule has 0 bridgehead atoms. The number of methoxy groups -OCH3 is 1. The Morgan fingerprint density at radius 3 is 2.89 bits per heavy atom. The van der Waals surface area contributed by atoms with Crippen LogP contribution in [0, 0.1) is 6.92 Å². The summed E-state index contributed by atoms with van der Waals surface area (Å²) in [6.07, 6.45) is 1.61. The average Bonchev–Trinajstić information content (AvgIpc) is 2.42. The van der Waals surface area contributed by atoms with Crippen LogP contribution in [0.5, 0.6) is 5.88 Å². The SMILES string of the molecule is COc1ncccc1NC(=O)c1cc(C)ccc1Br. The second-order valence-corrected chi connectivity index (χ2v) is 4.85. The number of nitrogens with zero attached hydrogens (tertiary/aromatic N) is 1. The van der Waals surface area contributed by atoms with Gasteiger partial charge in [-0.15, -0.1) is 0 Å². The molecule has 0 aliphatic carbocycles. The van der Waals surface area contributed by atoms with Gasteiger partial charge in [-0.3, -0.25) is 4.79 Å². The van der Waals surface area contributed by atoms with E-state index in [2.05, 4.69) is 26.2 Å². The molecule has 0 saturated heterocycles. The van der Waals surface area contributed by atoms with Crippen molar-refractivity contribution in [3.63, 3.8) is 0 Å². The molecule has 0 aliphatic heterocycles. The number of hydrogen-bond acceptors (Lipinski definition) is 3. The van der Waals surface area contributed by atoms with Crippen LogP contribution in [0.3, 0.4) is 0 Å². The van der Waals surface area contributed by atoms with E-state index in [1.807, 2.05) is 25.1 Å². The van der Waals surface area contributed by atoms with E-state index in [0.29, 0.717) is 17.1 Å². The number of carbonyl (C=O) groups excluding carboxylic acids is 1. The zero-order valence-electron chi connectivity index (χ0n) is 10.6. The predicted octanol–water partition coefficient (Wildman–Crippen LogP) is 3.41. The second-order valence-electron chi connectivity index (χ2n) is 4.00. The quantitative estimate of drug-likeness (QED) is 0.942. The van der Waals surface area contributed by atoms with Crippen molar-refractivity contribution in [1.82, 2.24) is 4.98 Å². The number of benzene rings is 1. The second kappa shape index (κ2) is 5.84. The number of carbonyl (C=O) groups is 1. The van der Waals surface area contributed by atoms with Gasteiger partial charge in [-0.25, -0.2) is 4.98 Å². The molecule has 0 atom stereocenters. The van der Waals surface area contributed by atoms with E-state index in [9.17, 15) is 4.79 Å². The number of ether oxygens (including phenoxy) is 1. The Kier molecular flexibility index (Phi) is 4.16. The van der Waals surface area contributed by atoms with Gasteiger partial charge in [-0.05, 0) is 47.1 Å². The molecule has 1 aromatic carbocycles. The van der Waals surface area contributed by atoms with Crippen molar-refractivity contribution in [3.05, 3.63) is 52.1 Å². The van der Waals surface area contributed by atoms with Gasteiger partial charge >= 0.3 is 0 Å². The van der Waals surface area contributed by atoms with Crippen LogP contribution in [0.15, 0.2) is 41.0 Å². The van der Waals surface area contributed by atoms with Gasteiger partial charge in [0.1, 0.15) is 5.69 Å². The Labute approximate surface area is 119 Å². The van der Waals surface area contributed by atoms with E-state index in [1.54, 1.807) is 18.3 Å². The van der Waals surface area contributed by atoms with Gasteiger partial charge in [-0.2, -0.15) is 0 Å². The minimum atomic E-state index is -0.207. The van der Waals surface area contributed by atoms with Crippen molar-refractivity contribution >= 4 is 27.5 Å². The Bertz CT molecular complexity index is 614. The molecule has 0 unspecified atom stereocenters. The summed E-state index contributed by atoms with van der Waals surface area (Å²) in [5, 5.41) is 2.79. The standard InChI is InChI=1S/C14H13BrN2O2/c1-9-5-6-11(15)10(8-9)13(18)17-12-4-3-7-16-14(12)19-2/h3-8H,1-2H3,(H,17,18). The maximum Gasteiger partial charge on any atom is 0.256 e. The molecule has 2 rings (SSSR count). The summed E-state index contributed by atoms with van der Waals surface area (Å²) in [5.74, 6) is 0.182. The molecule has 1 heterocycles. The van der Waals surface area contributed by atoms with Crippen LogP contribution >= 0.6 is 15.9 Å². The van der Waals surface area contributed by atoms with Gasteiger partial charge in [-0.1, -0.05) is 11.6 Å². The molecule has 0 radical (unpaired) electrons. The third-order valence-corrected chi connectivity index (χ3v) is 3.27. The Morgan fingerprint density at radius 2 is 2.16 bits per heavy atom. The number of rotatable bonds is 3. The van der Waals surface area contributed by atoms with E-state index >= 15 is 0 Å². The number of hydrogen-bond donors (Lipinski definition) is 1. The summed E-state index contributed by atoms with van der Waals surface area (Å²) in [6, 6.07) is 9.09. The van der Waals surface area contributed by atoms with E-state index < -0.39 is 0 Å². The number of pyridine rings is 1. The molecule has 1 aromatic heterocycles. The maximum atomic E-state index is 12.2. The smallest absolute Gasteiger partial charge is 0.256 e. The van der Waals surface area contributed by atoms with Crippen LogP contribution in [-0.2, 0) is 0 Å². The van der Waals surface area contributed by atoms with E-state index in [0.717, 1.165) is 10.0 Å². The average molecular weight is 321 g/mol. The minimum absolute atomic E-state index is 0.207. The fourth-order valence-electron chi connectivity index (χ4n) is 1.65. The van der Waals surface area contributed by atoms with E-state index in [1.165, 1.54) is 7.11 Å². The van der Waals surface area contributed by atoms with Crippen LogP contribution < -0.4 is 10.1 Å². The molecule has 0 saturated carbocycles. The lowest BCUT2D eigenvalue weighted by Crippen LogP contribution is -2.13. The predicted molar refractivity (Wildman–Crippen MR) is 77.6 cm³/mol. The number of amides is 1. The largest absolute Gasteiger partial charge is 0.480 e. The molecule has 2 aromatic rings. The van der Waals surface area contributed by atoms with Crippen LogP contribution in [0.4, 0.5) is 5.69 Å². The van der Waals surface area contributed by atoms with Crippen LogP contribution in [-0.4, -0.2) is 18.0 Å². The molecule has 19 heavy (non-hydrogen) atoms. The monoisotopic (exact) mass is 320 g/mol. The summed E-state index contributed by atoms with van der Waals surface area (Å²) in [4.78, 5) is 16.3. The third kappa shape index (κ3) is 3.12. The van der Waals surface area contributed by atoms with Crippen molar-refractivity contribution in [2.75, 3.05) is 12.4 Å². The molecular weight excluding hydrogens is 308 g/mol. The fraction of sp³-hybridized carbons (Fsp3) is 0.143. The van der Waals surface area contributed by atoms with Crippen LogP contribution in [0.2, 0.25) is 0 Å². The molecule has 98 valence electrons. The maximum absolute atomic E-state index is 12.2. The Hall–Kier alpha value is -1.88. The topological polar surface area (TPSA) is 51.2 Å². The van der Waals surface area contributed by atoms with E-state index in [-0.39, 0.29) is 5.91 Å². The summed E-state index contributed by atoms with van der Waals surface area (Å²) in [6.45, 7) is 1.94. The molecule has 0 fully saturated rings. The van der Waals surface area contributed by atoms with Crippen LogP contribution in [0.1, 0.15) is 15.9 Å². The first kappa shape index (κ1) is 13.5. The van der Waals surface area contributed by atoms with Crippen molar-refractivity contribution in [1.29, 1.82) is 0 Å². The molecule has 4 nitrogen and oxygen atoms in total. The summed E-state index contributed by atoms with van der Waals surface area (Å²) in [7, 11) is 1.51. The van der Waals surface area contributed by atoms with Gasteiger partial charge in [0.05, 0.1) is 12.7 Å². The Balaban J connectivity index is 2.28. The summed E-state index contributed by atoms with van der Waals surface area (Å²) < 4.78 is 5.85. The third-order valence-electron chi connectivity index (χ3n) is 2.58. The first-order valence-corrected chi connectivity index (χ1v) is 6.47. The first-order valence-electron chi connectivity index (χ1n) is 5.68. The molecule has 1 amide bonds. The van der Waals surface area contributed by atoms with Gasteiger partial charge < -0.3 is 10.1 Å². The highest BCUT2D eigenvalue weighted by molar-refractivity contribution is 9.10. The Morgan fingerprint density at radius 1 is 1.37 bits per heavy atom. The lowest BCUT2D eigenvalue weighted by molar-refractivity contribution is 0.102. The van der Waals surface area contributed by atoms with Crippen molar-refractivity contribution in [2.45, 2.75) is 6.92 Å². The zero-order chi connectivity index (χ0) is 13.8. The number of halogens is 1. The molecule has 1 N–H and O–H groups in total. The number of aromatic nitrogens is 1. The summed E-state index contributed by atoms with van der Waals surface area (Å²) >= 11 is 3.37. The fourth-order valence-corrected chi connectivity index (χ4v) is 2.08. The molecule has 5 heteroatoms. The lowest BCUT2D eigenvalue weighted by Gasteiger charge is -2.10. The normalized spacial score (nSPS) is 10.1. The highest BCUT2D eigenvalue weighted by Crippen LogP contribution is 2.23. The number of anilines is 1. The summed E-state index contributed by atoms with van der Waals surface area (Å²) in [5.41, 5.74) is 2.14. The number of aryl methyl sites for hydroxylation is 1. The lowest BCUT2D eigenvalue weighted by atomic mass is 10.1. The van der Waals surface area contributed by atoms with Crippen molar-refractivity contribution in [3.8, 4) is 5.88 Å². The van der Waals surface area contributed by atoms with Gasteiger partial charge in [0, 0.05) is 10.7 Å². The molecule has 0 aliphatic rings. The van der Waals surface area contributed by atoms with Crippen molar-refractivity contribution in [2.24, 2.45) is 0 Å². The minimum Gasteiger partial charge on any atom is -0.480 e. The molecular formula is C14H13BrN2O2. The number of nitrogens with one attached hydrogen (secondary N) is 1. The highest BCUT2D eigenvalue weighted by atomic mass is 79.9. The van der Waals surface area contributed by atoms with Crippen LogP contribution in [0.25, 0.3) is 0 Å².